The number of aldehydes is 1. The van der Waals surface area contributed by atoms with Crippen LogP contribution in [-0.2, 0) is 5.41 Å². The van der Waals surface area contributed by atoms with Gasteiger partial charge in [0, 0.05) is 5.38 Å². The first-order valence-corrected chi connectivity index (χ1v) is 4.30. The molecule has 0 N–H and O–H groups in total. The van der Waals surface area contributed by atoms with E-state index in [0.29, 0.717) is 17.0 Å². The number of nitriles is 1. The Morgan fingerprint density at radius 2 is 2.42 bits per heavy atom. The Morgan fingerprint density at radius 1 is 1.75 bits per heavy atom. The first kappa shape index (κ1) is 8.88. The first-order valence-electron chi connectivity index (χ1n) is 3.42. The number of thiazole rings is 1. The molecular weight excluding hydrogens is 172 g/mol. The summed E-state index contributed by atoms with van der Waals surface area (Å²) in [5, 5.41) is 11.1. The van der Waals surface area contributed by atoms with Gasteiger partial charge in [-0.05, 0) is 13.8 Å². The first-order chi connectivity index (χ1) is 5.60. The van der Waals surface area contributed by atoms with E-state index in [4.69, 9.17) is 5.26 Å². The van der Waals surface area contributed by atoms with Crippen molar-refractivity contribution in [1.29, 1.82) is 5.26 Å². The molecule has 12 heavy (non-hydrogen) atoms. The summed E-state index contributed by atoms with van der Waals surface area (Å²) in [5.41, 5.74) is -0.190. The summed E-state index contributed by atoms with van der Waals surface area (Å²) in [6.45, 7) is 3.56. The van der Waals surface area contributed by atoms with Crippen LogP contribution in [0.15, 0.2) is 5.38 Å². The predicted molar refractivity (Wildman–Crippen MR) is 46.1 cm³/mol. The maximum Gasteiger partial charge on any atom is 0.169 e. The van der Waals surface area contributed by atoms with Gasteiger partial charge in [-0.1, -0.05) is 0 Å². The van der Waals surface area contributed by atoms with Crippen LogP contribution in [0.5, 0.6) is 0 Å². The number of aromatic nitrogens is 1. The fourth-order valence-corrected chi connectivity index (χ4v) is 1.51. The molecule has 0 unspecified atom stereocenters. The normalized spacial score (nSPS) is 10.8. The van der Waals surface area contributed by atoms with Crippen molar-refractivity contribution >= 4 is 17.6 Å². The van der Waals surface area contributed by atoms with Crippen LogP contribution >= 0.6 is 11.3 Å². The van der Waals surface area contributed by atoms with Gasteiger partial charge in [0.15, 0.2) is 6.29 Å². The molecule has 0 amide bonds. The quantitative estimate of drug-likeness (QED) is 0.651. The second-order valence-corrected chi connectivity index (χ2v) is 3.79. The highest BCUT2D eigenvalue weighted by Crippen LogP contribution is 2.24. The third-order valence-electron chi connectivity index (χ3n) is 1.46. The van der Waals surface area contributed by atoms with E-state index >= 15 is 0 Å². The van der Waals surface area contributed by atoms with Crippen LogP contribution < -0.4 is 0 Å². The van der Waals surface area contributed by atoms with Crippen LogP contribution in [0.1, 0.15) is 29.3 Å². The number of hydrogen-bond acceptors (Lipinski definition) is 4. The third-order valence-corrected chi connectivity index (χ3v) is 2.64. The van der Waals surface area contributed by atoms with E-state index in [1.807, 2.05) is 0 Å². The average Bonchev–Trinajstić information content (AvgIpc) is 2.52. The molecule has 0 atom stereocenters. The lowest BCUT2D eigenvalue weighted by molar-refractivity contribution is 0.111. The summed E-state index contributed by atoms with van der Waals surface area (Å²) in [7, 11) is 0. The van der Waals surface area contributed by atoms with Gasteiger partial charge in [-0.15, -0.1) is 11.3 Å². The summed E-state index contributed by atoms with van der Waals surface area (Å²) >= 11 is 1.34. The van der Waals surface area contributed by atoms with E-state index in [1.165, 1.54) is 11.3 Å². The Hall–Kier alpha value is -1.21. The number of rotatable bonds is 2. The molecule has 0 aromatic carbocycles. The maximum atomic E-state index is 10.3. The molecule has 4 heteroatoms. The van der Waals surface area contributed by atoms with Gasteiger partial charge < -0.3 is 0 Å². The molecule has 0 bridgehead atoms. The second kappa shape index (κ2) is 3.03. The van der Waals surface area contributed by atoms with Crippen LogP contribution in [0.4, 0.5) is 0 Å². The summed E-state index contributed by atoms with van der Waals surface area (Å²) in [6, 6.07) is 2.13. The highest BCUT2D eigenvalue weighted by Gasteiger charge is 2.23. The zero-order valence-corrected chi connectivity index (χ0v) is 7.68. The predicted octanol–water partition coefficient (Wildman–Crippen LogP) is 1.76. The van der Waals surface area contributed by atoms with Gasteiger partial charge in [-0.25, -0.2) is 4.98 Å². The highest BCUT2D eigenvalue weighted by molar-refractivity contribution is 7.10. The van der Waals surface area contributed by atoms with Gasteiger partial charge in [0.1, 0.15) is 16.1 Å². The van der Waals surface area contributed by atoms with Crippen molar-refractivity contribution in [3.05, 3.63) is 16.1 Å². The summed E-state index contributed by atoms with van der Waals surface area (Å²) in [6.07, 6.45) is 0.688. The minimum Gasteiger partial charge on any atom is -0.296 e. The average molecular weight is 180 g/mol. The lowest BCUT2D eigenvalue weighted by Crippen LogP contribution is -2.13. The number of carbonyl (C=O) groups is 1. The number of hydrogen-bond donors (Lipinski definition) is 0. The number of carbonyl (C=O) groups excluding carboxylic acids is 1. The van der Waals surface area contributed by atoms with E-state index < -0.39 is 5.41 Å². The largest absolute Gasteiger partial charge is 0.296 e. The molecule has 1 rings (SSSR count). The molecule has 0 aliphatic carbocycles. The van der Waals surface area contributed by atoms with Crippen LogP contribution in [0.2, 0.25) is 0 Å². The smallest absolute Gasteiger partial charge is 0.169 e. The van der Waals surface area contributed by atoms with Crippen molar-refractivity contribution in [2.75, 3.05) is 0 Å². The van der Waals surface area contributed by atoms with Crippen LogP contribution in [0, 0.1) is 11.3 Å². The van der Waals surface area contributed by atoms with Gasteiger partial charge in [-0.3, -0.25) is 4.79 Å². The van der Waals surface area contributed by atoms with E-state index in [0.717, 1.165) is 0 Å². The monoisotopic (exact) mass is 180 g/mol. The molecule has 0 fully saturated rings. The van der Waals surface area contributed by atoms with Crippen molar-refractivity contribution in [2.24, 2.45) is 0 Å². The standard InChI is InChI=1S/C8H8N2OS/c1-8(2,5-9)7-10-6(3-11)4-12-7/h3-4H,1-2H3. The zero-order valence-electron chi connectivity index (χ0n) is 6.87. The summed E-state index contributed by atoms with van der Waals surface area (Å²) < 4.78 is 0. The van der Waals surface area contributed by atoms with Crippen molar-refractivity contribution in [3.63, 3.8) is 0 Å². The van der Waals surface area contributed by atoms with Crippen LogP contribution in [0.3, 0.4) is 0 Å². The molecule has 3 nitrogen and oxygen atoms in total. The topological polar surface area (TPSA) is 53.8 Å². The second-order valence-electron chi connectivity index (χ2n) is 2.93. The number of nitrogens with zero attached hydrogens (tertiary/aromatic N) is 2. The minimum absolute atomic E-state index is 0.401. The highest BCUT2D eigenvalue weighted by atomic mass is 32.1. The molecular formula is C8H8N2OS. The maximum absolute atomic E-state index is 10.3. The SMILES string of the molecule is CC(C)(C#N)c1nc(C=O)cs1. The van der Waals surface area contributed by atoms with Crippen molar-refractivity contribution < 1.29 is 4.79 Å². The Kier molecular flexibility index (Phi) is 2.25. The molecule has 0 aliphatic heterocycles. The van der Waals surface area contributed by atoms with Gasteiger partial charge in [0.2, 0.25) is 0 Å². The molecule has 1 aromatic heterocycles. The Bertz CT molecular complexity index is 335. The van der Waals surface area contributed by atoms with E-state index in [-0.39, 0.29) is 0 Å². The van der Waals surface area contributed by atoms with Crippen molar-refractivity contribution in [3.8, 4) is 6.07 Å². The fourth-order valence-electron chi connectivity index (χ4n) is 0.675. The fraction of sp³-hybridized carbons (Fsp3) is 0.375. The van der Waals surface area contributed by atoms with Gasteiger partial charge >= 0.3 is 0 Å². The van der Waals surface area contributed by atoms with Gasteiger partial charge in [0.05, 0.1) is 6.07 Å². The zero-order chi connectivity index (χ0) is 9.19. The van der Waals surface area contributed by atoms with Gasteiger partial charge in [0.25, 0.3) is 0 Å². The molecule has 62 valence electrons. The molecule has 0 radical (unpaired) electrons. The van der Waals surface area contributed by atoms with E-state index in [1.54, 1.807) is 19.2 Å². The summed E-state index contributed by atoms with van der Waals surface area (Å²) in [5.74, 6) is 0. The molecule has 1 aromatic rings. The Labute approximate surface area is 74.7 Å². The van der Waals surface area contributed by atoms with Crippen LogP contribution in [0.25, 0.3) is 0 Å². The third kappa shape index (κ3) is 1.51. The lowest BCUT2D eigenvalue weighted by Gasteiger charge is -2.09. The molecule has 0 saturated heterocycles. The van der Waals surface area contributed by atoms with Crippen molar-refractivity contribution in [2.45, 2.75) is 19.3 Å². The minimum atomic E-state index is -0.591. The Morgan fingerprint density at radius 3 is 2.83 bits per heavy atom. The van der Waals surface area contributed by atoms with Gasteiger partial charge in [-0.2, -0.15) is 5.26 Å². The van der Waals surface area contributed by atoms with E-state index in [9.17, 15) is 4.79 Å². The van der Waals surface area contributed by atoms with E-state index in [2.05, 4.69) is 11.1 Å². The molecule has 1 heterocycles. The van der Waals surface area contributed by atoms with Crippen LogP contribution in [-0.4, -0.2) is 11.3 Å². The molecule has 0 saturated carbocycles. The Balaban J connectivity index is 3.05. The summed E-state index contributed by atoms with van der Waals surface area (Å²) in [4.78, 5) is 14.3. The molecule has 0 spiro atoms. The lowest BCUT2D eigenvalue weighted by atomic mass is 9.97. The molecule has 0 aliphatic rings. The van der Waals surface area contributed by atoms with Crippen molar-refractivity contribution in [1.82, 2.24) is 4.98 Å².